The molecule has 8 heteroatoms. The number of aromatic nitrogens is 1. The molecule has 0 saturated carbocycles. The summed E-state index contributed by atoms with van der Waals surface area (Å²) in [5.74, 6) is -0.670. The Labute approximate surface area is 214 Å². The van der Waals surface area contributed by atoms with Gasteiger partial charge in [0.2, 0.25) is 0 Å². The van der Waals surface area contributed by atoms with Gasteiger partial charge in [0, 0.05) is 19.2 Å². The number of hydrogen-bond donors (Lipinski definition) is 3. The largest absolute Gasteiger partial charge is 0.507 e. The van der Waals surface area contributed by atoms with Crippen LogP contribution in [0.5, 0.6) is 11.5 Å². The van der Waals surface area contributed by atoms with Crippen LogP contribution in [0.2, 0.25) is 5.02 Å². The summed E-state index contributed by atoms with van der Waals surface area (Å²) in [5.41, 5.74) is 2.78. The van der Waals surface area contributed by atoms with Gasteiger partial charge in [0.05, 0.1) is 16.1 Å². The molecule has 1 saturated heterocycles. The SMILES string of the molecule is CCNC(=O)c1noc(-c2cc(Cl)c(O)cc2O)c1-c1ccc(CN2CCCCC2)c2ccccc12. The molecule has 4 aromatic rings. The van der Waals surface area contributed by atoms with E-state index < -0.39 is 0 Å². The van der Waals surface area contributed by atoms with Gasteiger partial charge in [-0.25, -0.2) is 0 Å². The minimum absolute atomic E-state index is 0.0476. The maximum atomic E-state index is 13.0. The highest BCUT2D eigenvalue weighted by Crippen LogP contribution is 2.44. The molecular formula is C28H28ClN3O4. The number of hydrogen-bond acceptors (Lipinski definition) is 6. The van der Waals surface area contributed by atoms with Crippen molar-refractivity contribution in [2.45, 2.75) is 32.7 Å². The molecule has 7 nitrogen and oxygen atoms in total. The van der Waals surface area contributed by atoms with Crippen molar-refractivity contribution in [3.8, 4) is 33.9 Å². The van der Waals surface area contributed by atoms with E-state index in [0.717, 1.165) is 42.0 Å². The predicted octanol–water partition coefficient (Wildman–Crippen LogP) is 5.96. The summed E-state index contributed by atoms with van der Waals surface area (Å²) in [4.78, 5) is 15.5. The first-order valence-electron chi connectivity index (χ1n) is 12.2. The van der Waals surface area contributed by atoms with Crippen LogP contribution in [-0.2, 0) is 6.54 Å². The van der Waals surface area contributed by atoms with Gasteiger partial charge in [-0.05, 0) is 60.8 Å². The second-order valence-electron chi connectivity index (χ2n) is 9.07. The third-order valence-corrected chi connectivity index (χ3v) is 6.98. The second kappa shape index (κ2) is 10.2. The van der Waals surface area contributed by atoms with E-state index in [1.54, 1.807) is 0 Å². The van der Waals surface area contributed by atoms with E-state index in [1.807, 2.05) is 31.2 Å². The van der Waals surface area contributed by atoms with Gasteiger partial charge in [0.1, 0.15) is 11.5 Å². The van der Waals surface area contributed by atoms with Crippen molar-refractivity contribution in [2.75, 3.05) is 19.6 Å². The quantitative estimate of drug-likeness (QED) is 0.299. The molecule has 1 fully saturated rings. The molecule has 1 aliphatic heterocycles. The maximum absolute atomic E-state index is 13.0. The van der Waals surface area contributed by atoms with E-state index in [2.05, 4.69) is 27.5 Å². The molecule has 3 aromatic carbocycles. The van der Waals surface area contributed by atoms with Crippen LogP contribution in [0.1, 0.15) is 42.2 Å². The van der Waals surface area contributed by atoms with Gasteiger partial charge < -0.3 is 20.1 Å². The molecule has 1 aromatic heterocycles. The van der Waals surface area contributed by atoms with Crippen LogP contribution >= 0.6 is 11.6 Å². The zero-order valence-corrected chi connectivity index (χ0v) is 20.8. The second-order valence-corrected chi connectivity index (χ2v) is 9.48. The van der Waals surface area contributed by atoms with Crippen LogP contribution in [0.15, 0.2) is 53.1 Å². The van der Waals surface area contributed by atoms with Crippen LogP contribution in [-0.4, -0.2) is 45.8 Å². The lowest BCUT2D eigenvalue weighted by Gasteiger charge is -2.27. The van der Waals surface area contributed by atoms with E-state index in [1.165, 1.54) is 30.9 Å². The Bertz CT molecular complexity index is 1430. The average Bonchev–Trinajstić information content (AvgIpc) is 3.32. The Hall–Kier alpha value is -3.55. The predicted molar refractivity (Wildman–Crippen MR) is 140 cm³/mol. The molecule has 36 heavy (non-hydrogen) atoms. The fraction of sp³-hybridized carbons (Fsp3) is 0.286. The van der Waals surface area contributed by atoms with E-state index in [4.69, 9.17) is 16.1 Å². The number of carbonyl (C=O) groups excluding carboxylic acids is 1. The highest BCUT2D eigenvalue weighted by atomic mass is 35.5. The molecule has 0 spiro atoms. The molecule has 0 unspecified atom stereocenters. The molecule has 1 aliphatic rings. The molecule has 5 rings (SSSR count). The summed E-state index contributed by atoms with van der Waals surface area (Å²) in [7, 11) is 0. The van der Waals surface area contributed by atoms with E-state index in [9.17, 15) is 15.0 Å². The maximum Gasteiger partial charge on any atom is 0.274 e. The van der Waals surface area contributed by atoms with Crippen molar-refractivity contribution in [3.05, 3.63) is 64.8 Å². The van der Waals surface area contributed by atoms with Crippen LogP contribution < -0.4 is 5.32 Å². The summed E-state index contributed by atoms with van der Waals surface area (Å²) >= 11 is 6.15. The summed E-state index contributed by atoms with van der Waals surface area (Å²) in [5, 5.41) is 29.5. The van der Waals surface area contributed by atoms with Crippen molar-refractivity contribution in [1.82, 2.24) is 15.4 Å². The third-order valence-electron chi connectivity index (χ3n) is 6.68. The molecular weight excluding hydrogens is 478 g/mol. The van der Waals surface area contributed by atoms with E-state index in [0.29, 0.717) is 12.1 Å². The standard InChI is InChI=1S/C28H28ClN3O4/c1-2-30-28(35)26-25(27(36-31-26)21-14-22(29)24(34)15-23(21)33)20-11-10-17(16-32-12-6-3-7-13-32)18-8-4-5-9-19(18)20/h4-5,8-11,14-15,33-34H,2-3,6-7,12-13,16H2,1H3,(H,30,35). The Kier molecular flexibility index (Phi) is 6.85. The Morgan fingerprint density at radius 3 is 2.53 bits per heavy atom. The van der Waals surface area contributed by atoms with Crippen molar-refractivity contribution in [1.29, 1.82) is 0 Å². The topological polar surface area (TPSA) is 98.8 Å². The minimum atomic E-state index is -0.381. The van der Waals surface area contributed by atoms with Gasteiger partial charge in [-0.3, -0.25) is 9.69 Å². The number of fused-ring (bicyclic) bond motifs is 1. The van der Waals surface area contributed by atoms with Crippen molar-refractivity contribution in [3.63, 3.8) is 0 Å². The fourth-order valence-corrected chi connectivity index (χ4v) is 5.10. The zero-order chi connectivity index (χ0) is 25.2. The summed E-state index contributed by atoms with van der Waals surface area (Å²) < 4.78 is 5.66. The van der Waals surface area contributed by atoms with E-state index in [-0.39, 0.29) is 39.4 Å². The van der Waals surface area contributed by atoms with Crippen LogP contribution in [0, 0.1) is 0 Å². The number of halogens is 1. The zero-order valence-electron chi connectivity index (χ0n) is 20.1. The lowest BCUT2D eigenvalue weighted by molar-refractivity contribution is 0.0947. The third kappa shape index (κ3) is 4.52. The molecule has 0 aliphatic carbocycles. The summed E-state index contributed by atoms with van der Waals surface area (Å²) in [6, 6.07) is 14.7. The number of benzene rings is 3. The van der Waals surface area contributed by atoms with Crippen LogP contribution in [0.25, 0.3) is 33.2 Å². The molecule has 0 atom stereocenters. The van der Waals surface area contributed by atoms with Gasteiger partial charge in [0.25, 0.3) is 5.91 Å². The van der Waals surface area contributed by atoms with Gasteiger partial charge in [-0.15, -0.1) is 0 Å². The first-order valence-corrected chi connectivity index (χ1v) is 12.6. The Morgan fingerprint density at radius 1 is 1.03 bits per heavy atom. The summed E-state index contributed by atoms with van der Waals surface area (Å²) in [6.07, 6.45) is 3.71. The Balaban J connectivity index is 1.70. The average molecular weight is 506 g/mol. The number of nitrogens with one attached hydrogen (secondary N) is 1. The number of phenolic OH excluding ortho intramolecular Hbond substituents is 2. The number of likely N-dealkylation sites (tertiary alicyclic amines) is 1. The number of aromatic hydroxyl groups is 2. The Morgan fingerprint density at radius 2 is 1.78 bits per heavy atom. The molecule has 2 heterocycles. The van der Waals surface area contributed by atoms with Crippen LogP contribution in [0.4, 0.5) is 0 Å². The number of piperidine rings is 1. The minimum Gasteiger partial charge on any atom is -0.507 e. The lowest BCUT2D eigenvalue weighted by Crippen LogP contribution is -2.29. The number of phenols is 2. The first-order chi connectivity index (χ1) is 17.5. The molecule has 0 radical (unpaired) electrons. The fourth-order valence-electron chi connectivity index (χ4n) is 4.93. The normalized spacial score (nSPS) is 14.3. The number of amides is 1. The number of carbonyl (C=O) groups is 1. The van der Waals surface area contributed by atoms with E-state index >= 15 is 0 Å². The monoisotopic (exact) mass is 505 g/mol. The van der Waals surface area contributed by atoms with Gasteiger partial charge in [0.15, 0.2) is 11.5 Å². The molecule has 3 N–H and O–H groups in total. The smallest absolute Gasteiger partial charge is 0.274 e. The highest BCUT2D eigenvalue weighted by molar-refractivity contribution is 6.32. The van der Waals surface area contributed by atoms with Crippen molar-refractivity contribution >= 4 is 28.3 Å². The van der Waals surface area contributed by atoms with Crippen molar-refractivity contribution in [2.24, 2.45) is 0 Å². The first kappa shape index (κ1) is 24.2. The molecule has 0 bridgehead atoms. The van der Waals surface area contributed by atoms with Gasteiger partial charge >= 0.3 is 0 Å². The van der Waals surface area contributed by atoms with Gasteiger partial charge in [-0.1, -0.05) is 59.6 Å². The lowest BCUT2D eigenvalue weighted by atomic mass is 9.91. The summed E-state index contributed by atoms with van der Waals surface area (Å²) in [6.45, 7) is 5.29. The van der Waals surface area contributed by atoms with Crippen molar-refractivity contribution < 1.29 is 19.5 Å². The van der Waals surface area contributed by atoms with Gasteiger partial charge in [-0.2, -0.15) is 0 Å². The molecule has 186 valence electrons. The number of rotatable bonds is 6. The number of nitrogens with zero attached hydrogens (tertiary/aromatic N) is 2. The van der Waals surface area contributed by atoms with Crippen LogP contribution in [0.3, 0.4) is 0 Å². The highest BCUT2D eigenvalue weighted by Gasteiger charge is 2.28. The molecule has 1 amide bonds.